The van der Waals surface area contributed by atoms with Crippen LogP contribution in [-0.2, 0) is 11.8 Å². The molecule has 0 unspecified atom stereocenters. The van der Waals surface area contributed by atoms with E-state index in [0.717, 1.165) is 5.39 Å². The van der Waals surface area contributed by atoms with Crippen LogP contribution >= 0.6 is 15.9 Å². The van der Waals surface area contributed by atoms with Crippen LogP contribution in [0.5, 0.6) is 0 Å². The molecule has 1 atom stereocenters. The highest BCUT2D eigenvalue weighted by Crippen LogP contribution is 2.27. The smallest absolute Gasteiger partial charge is 0.244 e. The molecule has 2 rings (SSSR count). The molecule has 2 heterocycles. The minimum Gasteiger partial charge on any atom is -0.358 e. The van der Waals surface area contributed by atoms with Gasteiger partial charge >= 0.3 is 0 Å². The molecule has 2 aromatic rings. The van der Waals surface area contributed by atoms with Crippen molar-refractivity contribution in [1.82, 2.24) is 24.6 Å². The number of aromatic nitrogens is 4. The van der Waals surface area contributed by atoms with Gasteiger partial charge in [-0.25, -0.2) is 14.6 Å². The number of anilines is 1. The standard InChI is InChI=1S/C11H15BrN6O/c1-6(11(19)17(2)3)15-9-7-8(12)16-18(4)10(7)14-5-13-9/h5-6H,1-4H3,(H,13,14,15)/t6-/m0/s1. The van der Waals surface area contributed by atoms with Crippen molar-refractivity contribution in [3.05, 3.63) is 10.9 Å². The molecule has 0 aliphatic heterocycles. The lowest BCUT2D eigenvalue weighted by Crippen LogP contribution is -2.36. The van der Waals surface area contributed by atoms with E-state index in [1.807, 2.05) is 0 Å². The average Bonchev–Trinajstić information content (AvgIpc) is 2.65. The van der Waals surface area contributed by atoms with Crippen LogP contribution in [0.15, 0.2) is 10.9 Å². The van der Waals surface area contributed by atoms with Crippen molar-refractivity contribution >= 4 is 38.7 Å². The van der Waals surface area contributed by atoms with Crippen molar-refractivity contribution in [1.29, 1.82) is 0 Å². The zero-order valence-electron chi connectivity index (χ0n) is 11.2. The SMILES string of the molecule is C[C@H](Nc1ncnc2c1c(Br)nn2C)C(=O)N(C)C. The third kappa shape index (κ3) is 2.53. The summed E-state index contributed by atoms with van der Waals surface area (Å²) < 4.78 is 2.31. The molecule has 0 radical (unpaired) electrons. The fourth-order valence-electron chi connectivity index (χ4n) is 1.80. The van der Waals surface area contributed by atoms with E-state index in [0.29, 0.717) is 16.1 Å². The molecule has 0 aromatic carbocycles. The molecule has 0 bridgehead atoms. The molecule has 8 heteroatoms. The van der Waals surface area contributed by atoms with Gasteiger partial charge in [0.15, 0.2) is 5.65 Å². The van der Waals surface area contributed by atoms with Gasteiger partial charge in [-0.1, -0.05) is 0 Å². The summed E-state index contributed by atoms with van der Waals surface area (Å²) in [6.45, 7) is 1.79. The van der Waals surface area contributed by atoms with Gasteiger partial charge in [0.1, 0.15) is 22.8 Å². The third-order valence-electron chi connectivity index (χ3n) is 2.74. The summed E-state index contributed by atoms with van der Waals surface area (Å²) in [7, 11) is 5.24. The second-order valence-electron chi connectivity index (χ2n) is 4.43. The first-order valence-corrected chi connectivity index (χ1v) is 6.52. The van der Waals surface area contributed by atoms with Gasteiger partial charge in [0.05, 0.1) is 5.39 Å². The number of likely N-dealkylation sites (N-methyl/N-ethyl adjacent to an activating group) is 1. The Kier molecular flexibility index (Phi) is 3.70. The van der Waals surface area contributed by atoms with E-state index in [1.54, 1.807) is 32.7 Å². The quantitative estimate of drug-likeness (QED) is 0.911. The number of hydrogen-bond donors (Lipinski definition) is 1. The number of nitrogens with zero attached hydrogens (tertiary/aromatic N) is 5. The van der Waals surface area contributed by atoms with Crippen LogP contribution in [0.1, 0.15) is 6.92 Å². The lowest BCUT2D eigenvalue weighted by Gasteiger charge is -2.18. The highest BCUT2D eigenvalue weighted by Gasteiger charge is 2.19. The Bertz CT molecular complexity index is 623. The number of rotatable bonds is 3. The van der Waals surface area contributed by atoms with Crippen molar-refractivity contribution in [3.63, 3.8) is 0 Å². The summed E-state index contributed by atoms with van der Waals surface area (Å²) in [6.07, 6.45) is 1.45. The first-order chi connectivity index (χ1) is 8.91. The Hall–Kier alpha value is -1.70. The Balaban J connectivity index is 2.38. The van der Waals surface area contributed by atoms with Crippen molar-refractivity contribution in [3.8, 4) is 0 Å². The Morgan fingerprint density at radius 3 is 2.79 bits per heavy atom. The zero-order chi connectivity index (χ0) is 14.2. The Labute approximate surface area is 119 Å². The summed E-state index contributed by atoms with van der Waals surface area (Å²) in [6, 6.07) is -0.375. The van der Waals surface area contributed by atoms with Crippen molar-refractivity contribution in [2.75, 3.05) is 19.4 Å². The average molecular weight is 327 g/mol. The number of fused-ring (bicyclic) bond motifs is 1. The van der Waals surface area contributed by atoms with Crippen LogP contribution < -0.4 is 5.32 Å². The molecule has 102 valence electrons. The van der Waals surface area contributed by atoms with Gasteiger partial charge in [-0.15, -0.1) is 0 Å². The Morgan fingerprint density at radius 2 is 2.16 bits per heavy atom. The van der Waals surface area contributed by atoms with Crippen molar-refractivity contribution < 1.29 is 4.79 Å². The van der Waals surface area contributed by atoms with Crippen LogP contribution in [-0.4, -0.2) is 50.7 Å². The third-order valence-corrected chi connectivity index (χ3v) is 3.30. The monoisotopic (exact) mass is 326 g/mol. The fourth-order valence-corrected chi connectivity index (χ4v) is 2.41. The first kappa shape index (κ1) is 13.7. The van der Waals surface area contributed by atoms with E-state index in [1.165, 1.54) is 11.2 Å². The summed E-state index contributed by atoms with van der Waals surface area (Å²) >= 11 is 3.38. The molecule has 0 spiro atoms. The molecule has 1 amide bonds. The lowest BCUT2D eigenvalue weighted by molar-refractivity contribution is -0.129. The van der Waals surface area contributed by atoms with E-state index >= 15 is 0 Å². The lowest BCUT2D eigenvalue weighted by atomic mass is 10.3. The van der Waals surface area contributed by atoms with Gasteiger partial charge < -0.3 is 10.2 Å². The van der Waals surface area contributed by atoms with Gasteiger partial charge in [0, 0.05) is 21.1 Å². The van der Waals surface area contributed by atoms with Gasteiger partial charge in [-0.3, -0.25) is 4.79 Å². The van der Waals surface area contributed by atoms with Crippen LogP contribution in [0, 0.1) is 0 Å². The highest BCUT2D eigenvalue weighted by molar-refractivity contribution is 9.10. The predicted octanol–water partition coefficient (Wildman–Crippen LogP) is 1.01. The van der Waals surface area contributed by atoms with Crippen LogP contribution in [0.2, 0.25) is 0 Å². The Morgan fingerprint density at radius 1 is 1.47 bits per heavy atom. The zero-order valence-corrected chi connectivity index (χ0v) is 12.8. The largest absolute Gasteiger partial charge is 0.358 e. The topological polar surface area (TPSA) is 75.9 Å². The molecule has 19 heavy (non-hydrogen) atoms. The molecule has 1 N–H and O–H groups in total. The first-order valence-electron chi connectivity index (χ1n) is 5.72. The van der Waals surface area contributed by atoms with Gasteiger partial charge in [-0.2, -0.15) is 5.10 Å². The predicted molar refractivity (Wildman–Crippen MR) is 75.8 cm³/mol. The second kappa shape index (κ2) is 5.12. The van der Waals surface area contributed by atoms with E-state index in [9.17, 15) is 4.79 Å². The summed E-state index contributed by atoms with van der Waals surface area (Å²) in [5, 5.41) is 8.10. The number of amides is 1. The van der Waals surface area contributed by atoms with Crippen LogP contribution in [0.25, 0.3) is 11.0 Å². The maximum Gasteiger partial charge on any atom is 0.244 e. The fraction of sp³-hybridized carbons (Fsp3) is 0.455. The molecule has 0 aliphatic rings. The minimum absolute atomic E-state index is 0.0215. The van der Waals surface area contributed by atoms with Crippen molar-refractivity contribution in [2.24, 2.45) is 7.05 Å². The molecule has 0 fully saturated rings. The minimum atomic E-state index is -0.375. The molecule has 0 saturated heterocycles. The number of nitrogens with one attached hydrogen (secondary N) is 1. The van der Waals surface area contributed by atoms with E-state index < -0.39 is 0 Å². The number of halogens is 1. The van der Waals surface area contributed by atoms with E-state index in [2.05, 4.69) is 36.3 Å². The summed E-state index contributed by atoms with van der Waals surface area (Å²) in [5.74, 6) is 0.569. The van der Waals surface area contributed by atoms with Crippen LogP contribution in [0.4, 0.5) is 5.82 Å². The van der Waals surface area contributed by atoms with E-state index in [-0.39, 0.29) is 11.9 Å². The molecular formula is C11H15BrN6O. The normalized spacial score (nSPS) is 12.5. The molecule has 0 aliphatic carbocycles. The summed E-state index contributed by atoms with van der Waals surface area (Å²) in [4.78, 5) is 21.8. The molecule has 0 saturated carbocycles. The number of aryl methyl sites for hydroxylation is 1. The number of carbonyl (C=O) groups is 1. The number of hydrogen-bond acceptors (Lipinski definition) is 5. The maximum atomic E-state index is 11.9. The van der Waals surface area contributed by atoms with Gasteiger partial charge in [0.2, 0.25) is 5.91 Å². The van der Waals surface area contributed by atoms with Crippen molar-refractivity contribution in [2.45, 2.75) is 13.0 Å². The number of carbonyl (C=O) groups excluding carboxylic acids is 1. The molecule has 2 aromatic heterocycles. The molecular weight excluding hydrogens is 312 g/mol. The maximum absolute atomic E-state index is 11.9. The highest BCUT2D eigenvalue weighted by atomic mass is 79.9. The second-order valence-corrected chi connectivity index (χ2v) is 5.19. The summed E-state index contributed by atoms with van der Waals surface area (Å²) in [5.41, 5.74) is 0.703. The molecule has 7 nitrogen and oxygen atoms in total. The van der Waals surface area contributed by atoms with Gasteiger partial charge in [-0.05, 0) is 22.9 Å². The van der Waals surface area contributed by atoms with Crippen LogP contribution in [0.3, 0.4) is 0 Å². The van der Waals surface area contributed by atoms with Gasteiger partial charge in [0.25, 0.3) is 0 Å². The van der Waals surface area contributed by atoms with E-state index in [4.69, 9.17) is 0 Å².